The number of hydrogen-bond acceptors (Lipinski definition) is 4. The Morgan fingerprint density at radius 3 is 2.21 bits per heavy atom. The number of phenolic OH excluding ortho intramolecular Hbond substituents is 1. The molecule has 7 rings (SSSR count). The van der Waals surface area contributed by atoms with Crippen molar-refractivity contribution in [2.75, 3.05) is 0 Å². The molecule has 0 saturated carbocycles. The maximum Gasteiger partial charge on any atom is 0.123 e. The standard InChI is InChI=1S/C38H29N2OS.Pt/c1-38(2,3)29-21-27(32-23-26(24-11-5-4-6-12-24)19-25-13-10-18-39-35(25)32)20-28(22-29)37-40-36-31(15-9-17-34(36)42-37)30-14-7-8-16-33(30)41;/h4-19,21-23,41H,1-3H3;/q-1;. The first kappa shape index (κ1) is 29.0. The van der Waals surface area contributed by atoms with Gasteiger partial charge in [0, 0.05) is 48.6 Å². The Balaban J connectivity index is 0.00000329. The van der Waals surface area contributed by atoms with Gasteiger partial charge in [-0.3, -0.25) is 9.97 Å². The molecule has 43 heavy (non-hydrogen) atoms. The average molecular weight is 757 g/mol. The van der Waals surface area contributed by atoms with E-state index >= 15 is 0 Å². The summed E-state index contributed by atoms with van der Waals surface area (Å²) in [5.41, 5.74) is 9.98. The van der Waals surface area contributed by atoms with Gasteiger partial charge in [-0.05, 0) is 46.2 Å². The fourth-order valence-corrected chi connectivity index (χ4v) is 6.40. The third kappa shape index (κ3) is 5.54. The third-order valence-corrected chi connectivity index (χ3v) is 8.73. The predicted octanol–water partition coefficient (Wildman–Crippen LogP) is 10.3. The van der Waals surface area contributed by atoms with Crippen LogP contribution in [0.15, 0.2) is 115 Å². The number of para-hydroxylation sites is 2. The number of aromatic hydroxyl groups is 1. The summed E-state index contributed by atoms with van der Waals surface area (Å²) >= 11 is 1.65. The minimum atomic E-state index is -0.0868. The summed E-state index contributed by atoms with van der Waals surface area (Å²) in [5.74, 6) is 0.251. The van der Waals surface area contributed by atoms with Crippen molar-refractivity contribution in [2.45, 2.75) is 26.2 Å². The van der Waals surface area contributed by atoms with Gasteiger partial charge in [-0.1, -0.05) is 105 Å². The third-order valence-electron chi connectivity index (χ3n) is 7.68. The van der Waals surface area contributed by atoms with Crippen molar-refractivity contribution in [2.24, 2.45) is 0 Å². The Hall–Kier alpha value is -4.11. The van der Waals surface area contributed by atoms with Crippen molar-refractivity contribution < 1.29 is 26.2 Å². The molecule has 5 heteroatoms. The Bertz CT molecular complexity index is 2090. The number of phenols is 1. The second-order valence-corrected chi connectivity index (χ2v) is 12.6. The van der Waals surface area contributed by atoms with Crippen LogP contribution < -0.4 is 0 Å². The van der Waals surface area contributed by atoms with Crippen LogP contribution in [0.3, 0.4) is 0 Å². The second-order valence-electron chi connectivity index (χ2n) is 11.6. The molecule has 0 fully saturated rings. The molecule has 7 aromatic rings. The van der Waals surface area contributed by atoms with Gasteiger partial charge in [-0.2, -0.15) is 11.3 Å². The number of thiazole rings is 1. The first-order valence-corrected chi connectivity index (χ1v) is 14.9. The first-order valence-electron chi connectivity index (χ1n) is 14.1. The van der Waals surface area contributed by atoms with Crippen molar-refractivity contribution in [1.82, 2.24) is 9.97 Å². The largest absolute Gasteiger partial charge is 0.507 e. The van der Waals surface area contributed by atoms with Gasteiger partial charge >= 0.3 is 0 Å². The molecular formula is C38H29N2OPtS-. The molecule has 0 bridgehead atoms. The number of aromatic nitrogens is 2. The minimum absolute atomic E-state index is 0. The van der Waals surface area contributed by atoms with Gasteiger partial charge in [0.15, 0.2) is 0 Å². The molecule has 1 N–H and O–H groups in total. The van der Waals surface area contributed by atoms with Crippen LogP contribution in [0.2, 0.25) is 0 Å². The molecule has 0 radical (unpaired) electrons. The van der Waals surface area contributed by atoms with E-state index in [-0.39, 0.29) is 32.2 Å². The Morgan fingerprint density at radius 1 is 0.674 bits per heavy atom. The van der Waals surface area contributed by atoms with E-state index in [1.807, 2.05) is 48.7 Å². The number of nitrogens with zero attached hydrogens (tertiary/aromatic N) is 2. The molecule has 0 spiro atoms. The van der Waals surface area contributed by atoms with Gasteiger partial charge in [-0.25, -0.2) is 0 Å². The average Bonchev–Trinajstić information content (AvgIpc) is 3.46. The van der Waals surface area contributed by atoms with Crippen LogP contribution >= 0.6 is 11.3 Å². The van der Waals surface area contributed by atoms with E-state index < -0.39 is 0 Å². The Labute approximate surface area is 270 Å². The van der Waals surface area contributed by atoms with Gasteiger partial charge in [0.25, 0.3) is 0 Å². The van der Waals surface area contributed by atoms with Gasteiger partial charge in [-0.15, -0.1) is 29.3 Å². The normalized spacial score (nSPS) is 11.5. The summed E-state index contributed by atoms with van der Waals surface area (Å²) in [6.45, 7) is 6.71. The zero-order valence-electron chi connectivity index (χ0n) is 24.0. The van der Waals surface area contributed by atoms with Crippen molar-refractivity contribution in [1.29, 1.82) is 0 Å². The molecule has 0 aliphatic carbocycles. The summed E-state index contributed by atoms with van der Waals surface area (Å²) in [6, 6.07) is 40.8. The van der Waals surface area contributed by atoms with E-state index in [4.69, 9.17) is 9.97 Å². The van der Waals surface area contributed by atoms with Crippen LogP contribution in [0, 0.1) is 6.07 Å². The zero-order chi connectivity index (χ0) is 28.8. The molecule has 0 aliphatic heterocycles. The molecule has 3 nitrogen and oxygen atoms in total. The quantitative estimate of drug-likeness (QED) is 0.182. The Kier molecular flexibility index (Phi) is 7.77. The molecule has 5 aromatic carbocycles. The summed E-state index contributed by atoms with van der Waals surface area (Å²) in [5, 5.41) is 12.6. The summed E-state index contributed by atoms with van der Waals surface area (Å²) in [6.07, 6.45) is 1.86. The van der Waals surface area contributed by atoms with E-state index in [2.05, 4.69) is 87.5 Å². The van der Waals surface area contributed by atoms with Gasteiger partial charge < -0.3 is 5.11 Å². The van der Waals surface area contributed by atoms with E-state index in [1.165, 1.54) is 11.1 Å². The molecule has 0 saturated heterocycles. The summed E-state index contributed by atoms with van der Waals surface area (Å²) < 4.78 is 1.07. The van der Waals surface area contributed by atoms with Crippen LogP contribution in [-0.2, 0) is 26.5 Å². The van der Waals surface area contributed by atoms with Crippen LogP contribution in [0.5, 0.6) is 5.75 Å². The fraction of sp³-hybridized carbons (Fsp3) is 0.105. The number of hydrogen-bond donors (Lipinski definition) is 1. The molecule has 2 aromatic heterocycles. The SMILES string of the molecule is CC(C)(C)c1cc(-c2nc3c(-c4ccccc4O)cccc3s2)[c-]c(-c2cc(-c3ccccc3)cc3cccnc23)c1.[Pt]. The van der Waals surface area contributed by atoms with Crippen LogP contribution in [-0.4, -0.2) is 15.1 Å². The van der Waals surface area contributed by atoms with E-state index in [0.717, 1.165) is 59.5 Å². The molecule has 0 atom stereocenters. The van der Waals surface area contributed by atoms with E-state index in [1.54, 1.807) is 17.4 Å². The van der Waals surface area contributed by atoms with Crippen LogP contribution in [0.4, 0.5) is 0 Å². The minimum Gasteiger partial charge on any atom is -0.507 e. The van der Waals surface area contributed by atoms with Gasteiger partial charge in [0.05, 0.1) is 10.5 Å². The van der Waals surface area contributed by atoms with Crippen LogP contribution in [0.1, 0.15) is 26.3 Å². The van der Waals surface area contributed by atoms with Gasteiger partial charge in [0.2, 0.25) is 0 Å². The fourth-order valence-electron chi connectivity index (χ4n) is 5.44. The number of benzene rings is 5. The molecule has 0 aliphatic rings. The molecule has 0 unspecified atom stereocenters. The van der Waals surface area contributed by atoms with Crippen molar-refractivity contribution in [3.63, 3.8) is 0 Å². The van der Waals surface area contributed by atoms with Crippen molar-refractivity contribution in [3.05, 3.63) is 127 Å². The Morgan fingerprint density at radius 2 is 1.42 bits per heavy atom. The maximum absolute atomic E-state index is 10.6. The van der Waals surface area contributed by atoms with E-state index in [0.29, 0.717) is 0 Å². The van der Waals surface area contributed by atoms with Crippen LogP contribution in [0.25, 0.3) is 65.1 Å². The predicted molar refractivity (Wildman–Crippen MR) is 176 cm³/mol. The topological polar surface area (TPSA) is 46.0 Å². The van der Waals surface area contributed by atoms with Gasteiger partial charge in [0.1, 0.15) is 5.75 Å². The molecule has 0 amide bonds. The number of pyridine rings is 1. The smallest absolute Gasteiger partial charge is 0.123 e. The van der Waals surface area contributed by atoms with Crippen molar-refractivity contribution in [3.8, 4) is 49.7 Å². The number of fused-ring (bicyclic) bond motifs is 2. The monoisotopic (exact) mass is 756 g/mol. The zero-order valence-corrected chi connectivity index (χ0v) is 27.1. The summed E-state index contributed by atoms with van der Waals surface area (Å²) in [7, 11) is 0. The number of rotatable bonds is 4. The molecule has 214 valence electrons. The second kappa shape index (κ2) is 11.5. The molecular weight excluding hydrogens is 728 g/mol. The van der Waals surface area contributed by atoms with E-state index in [9.17, 15) is 5.11 Å². The summed E-state index contributed by atoms with van der Waals surface area (Å²) in [4.78, 5) is 9.96. The first-order chi connectivity index (χ1) is 20.3. The maximum atomic E-state index is 10.6. The molecule has 2 heterocycles. The van der Waals surface area contributed by atoms with Crippen molar-refractivity contribution >= 4 is 32.5 Å².